The Labute approximate surface area is 118 Å². The van der Waals surface area contributed by atoms with Crippen LogP contribution in [0.3, 0.4) is 0 Å². The molecule has 1 aliphatic heterocycles. The minimum Gasteiger partial charge on any atom is -0.481 e. The van der Waals surface area contributed by atoms with Crippen LogP contribution in [0, 0.1) is 17.8 Å². The largest absolute Gasteiger partial charge is 0.481 e. The highest BCUT2D eigenvalue weighted by atomic mass is 32.2. The van der Waals surface area contributed by atoms with Gasteiger partial charge in [0.05, 0.1) is 18.1 Å². The smallest absolute Gasteiger partial charge is 0.307 e. The van der Waals surface area contributed by atoms with Crippen LogP contribution in [-0.2, 0) is 19.6 Å². The molecular weight excluding hydrogens is 284 g/mol. The quantitative estimate of drug-likeness (QED) is 0.712. The molecular formula is C12H20N2O5S. The summed E-state index contributed by atoms with van der Waals surface area (Å²) in [5, 5.41) is 8.85. The SMILES string of the molecule is CS(=O)(=O)NCC1CCCN(C(=O)[C@@H]2C[C@@H]2C(=O)O)C1. The summed E-state index contributed by atoms with van der Waals surface area (Å²) in [6.07, 6.45) is 3.24. The number of rotatable bonds is 5. The first-order valence-corrected chi connectivity index (χ1v) is 8.63. The first-order valence-electron chi connectivity index (χ1n) is 6.74. The fraction of sp³-hybridized carbons (Fsp3) is 0.833. The van der Waals surface area contributed by atoms with Crippen molar-refractivity contribution in [1.82, 2.24) is 9.62 Å². The summed E-state index contributed by atoms with van der Waals surface area (Å²) in [4.78, 5) is 24.6. The van der Waals surface area contributed by atoms with E-state index in [1.165, 1.54) is 0 Å². The second-order valence-electron chi connectivity index (χ2n) is 5.70. The summed E-state index contributed by atoms with van der Waals surface area (Å²) < 4.78 is 24.6. The first kappa shape index (κ1) is 15.2. The zero-order valence-electron chi connectivity index (χ0n) is 11.4. The summed E-state index contributed by atoms with van der Waals surface area (Å²) in [5.74, 6) is -1.81. The number of hydrogen-bond donors (Lipinski definition) is 2. The van der Waals surface area contributed by atoms with Crippen molar-refractivity contribution in [3.8, 4) is 0 Å². The van der Waals surface area contributed by atoms with Crippen LogP contribution in [-0.4, -0.2) is 56.2 Å². The average Bonchev–Trinajstić information content (AvgIpc) is 3.15. The third kappa shape index (κ3) is 3.92. The number of nitrogens with zero attached hydrogens (tertiary/aromatic N) is 1. The van der Waals surface area contributed by atoms with Gasteiger partial charge >= 0.3 is 5.97 Å². The summed E-state index contributed by atoms with van der Waals surface area (Å²) in [7, 11) is -3.22. The highest BCUT2D eigenvalue weighted by molar-refractivity contribution is 7.88. The molecule has 0 spiro atoms. The Morgan fingerprint density at radius 1 is 1.35 bits per heavy atom. The Morgan fingerprint density at radius 2 is 2.05 bits per heavy atom. The summed E-state index contributed by atoms with van der Waals surface area (Å²) in [6.45, 7) is 1.47. The fourth-order valence-corrected chi connectivity index (χ4v) is 3.21. The molecule has 20 heavy (non-hydrogen) atoms. The molecule has 2 N–H and O–H groups in total. The van der Waals surface area contributed by atoms with E-state index in [2.05, 4.69) is 4.72 Å². The zero-order valence-corrected chi connectivity index (χ0v) is 12.2. The number of hydrogen-bond acceptors (Lipinski definition) is 4. The molecule has 1 heterocycles. The molecule has 7 nitrogen and oxygen atoms in total. The lowest BCUT2D eigenvalue weighted by Gasteiger charge is -2.33. The van der Waals surface area contributed by atoms with E-state index in [1.54, 1.807) is 4.90 Å². The van der Waals surface area contributed by atoms with E-state index >= 15 is 0 Å². The number of sulfonamides is 1. The maximum atomic E-state index is 12.1. The molecule has 114 valence electrons. The molecule has 0 aromatic heterocycles. The molecule has 0 radical (unpaired) electrons. The maximum Gasteiger partial charge on any atom is 0.307 e. The number of nitrogens with one attached hydrogen (secondary N) is 1. The van der Waals surface area contributed by atoms with Crippen LogP contribution in [0.2, 0.25) is 0 Å². The van der Waals surface area contributed by atoms with Crippen LogP contribution >= 0.6 is 0 Å². The molecule has 1 saturated heterocycles. The molecule has 0 bridgehead atoms. The molecule has 2 fully saturated rings. The van der Waals surface area contributed by atoms with Gasteiger partial charge in [0.1, 0.15) is 0 Å². The zero-order chi connectivity index (χ0) is 14.9. The number of carboxylic acid groups (broad SMARTS) is 1. The van der Waals surface area contributed by atoms with Crippen molar-refractivity contribution in [3.05, 3.63) is 0 Å². The van der Waals surface area contributed by atoms with Gasteiger partial charge in [0.2, 0.25) is 15.9 Å². The molecule has 0 aromatic rings. The van der Waals surface area contributed by atoms with Crippen molar-refractivity contribution in [1.29, 1.82) is 0 Å². The molecule has 1 unspecified atom stereocenters. The van der Waals surface area contributed by atoms with E-state index < -0.39 is 21.9 Å². The second kappa shape index (κ2) is 5.69. The van der Waals surface area contributed by atoms with Gasteiger partial charge in [-0.3, -0.25) is 9.59 Å². The molecule has 0 aromatic carbocycles. The Hall–Kier alpha value is -1.15. The van der Waals surface area contributed by atoms with E-state index in [4.69, 9.17) is 5.11 Å². The van der Waals surface area contributed by atoms with Crippen molar-refractivity contribution in [2.45, 2.75) is 19.3 Å². The van der Waals surface area contributed by atoms with E-state index in [1.807, 2.05) is 0 Å². The van der Waals surface area contributed by atoms with Crippen molar-refractivity contribution in [3.63, 3.8) is 0 Å². The predicted octanol–water partition coefficient (Wildman–Crippen LogP) is -0.505. The summed E-state index contributed by atoms with van der Waals surface area (Å²) in [6, 6.07) is 0. The van der Waals surface area contributed by atoms with Crippen LogP contribution in [0.1, 0.15) is 19.3 Å². The topological polar surface area (TPSA) is 104 Å². The van der Waals surface area contributed by atoms with Crippen molar-refractivity contribution >= 4 is 21.9 Å². The average molecular weight is 304 g/mol. The Balaban J connectivity index is 1.84. The summed E-state index contributed by atoms with van der Waals surface area (Å²) in [5.41, 5.74) is 0. The van der Waals surface area contributed by atoms with E-state index in [-0.39, 0.29) is 17.7 Å². The van der Waals surface area contributed by atoms with E-state index in [0.717, 1.165) is 19.1 Å². The minimum atomic E-state index is -3.22. The second-order valence-corrected chi connectivity index (χ2v) is 7.53. The number of likely N-dealkylation sites (tertiary alicyclic amines) is 1. The van der Waals surface area contributed by atoms with E-state index in [9.17, 15) is 18.0 Å². The molecule has 2 rings (SSSR count). The van der Waals surface area contributed by atoms with Crippen LogP contribution in [0.5, 0.6) is 0 Å². The standard InChI is InChI=1S/C12H20N2O5S/c1-20(18,19)13-6-8-3-2-4-14(7-8)11(15)9-5-10(9)12(16)17/h8-10,13H,2-7H2,1H3,(H,16,17)/t8?,9-,10+/m1/s1. The predicted molar refractivity (Wildman–Crippen MR) is 71.4 cm³/mol. The van der Waals surface area contributed by atoms with Gasteiger partial charge in [-0.05, 0) is 25.2 Å². The number of aliphatic carboxylic acids is 1. The maximum absolute atomic E-state index is 12.1. The van der Waals surface area contributed by atoms with Crippen LogP contribution < -0.4 is 4.72 Å². The van der Waals surface area contributed by atoms with Gasteiger partial charge < -0.3 is 10.0 Å². The Kier molecular flexibility index (Phi) is 4.33. The lowest BCUT2D eigenvalue weighted by molar-refractivity contribution is -0.142. The van der Waals surface area contributed by atoms with Crippen LogP contribution in [0.4, 0.5) is 0 Å². The molecule has 8 heteroatoms. The van der Waals surface area contributed by atoms with Crippen molar-refractivity contribution < 1.29 is 23.1 Å². The monoisotopic (exact) mass is 304 g/mol. The number of carbonyl (C=O) groups excluding carboxylic acids is 1. The fourth-order valence-electron chi connectivity index (χ4n) is 2.68. The van der Waals surface area contributed by atoms with Gasteiger partial charge in [-0.25, -0.2) is 13.1 Å². The number of amides is 1. The molecule has 2 aliphatic rings. The third-order valence-corrected chi connectivity index (χ3v) is 4.58. The van der Waals surface area contributed by atoms with Crippen LogP contribution in [0.15, 0.2) is 0 Å². The van der Waals surface area contributed by atoms with Gasteiger partial charge in [-0.2, -0.15) is 0 Å². The highest BCUT2D eigenvalue weighted by Gasteiger charge is 2.50. The van der Waals surface area contributed by atoms with Gasteiger partial charge in [0.15, 0.2) is 0 Å². The Bertz CT molecular complexity index is 504. The highest BCUT2D eigenvalue weighted by Crippen LogP contribution is 2.40. The molecule has 1 amide bonds. The van der Waals surface area contributed by atoms with Gasteiger partial charge in [0, 0.05) is 19.6 Å². The minimum absolute atomic E-state index is 0.0959. The van der Waals surface area contributed by atoms with Crippen molar-refractivity contribution in [2.75, 3.05) is 25.9 Å². The molecule has 1 aliphatic carbocycles. The number of carbonyl (C=O) groups is 2. The van der Waals surface area contributed by atoms with Gasteiger partial charge in [0.25, 0.3) is 0 Å². The first-order chi connectivity index (χ1) is 9.28. The lowest BCUT2D eigenvalue weighted by atomic mass is 9.98. The Morgan fingerprint density at radius 3 is 2.60 bits per heavy atom. The van der Waals surface area contributed by atoms with E-state index in [0.29, 0.717) is 26.1 Å². The normalized spacial score (nSPS) is 30.1. The number of carboxylic acids is 1. The van der Waals surface area contributed by atoms with Crippen molar-refractivity contribution in [2.24, 2.45) is 17.8 Å². The molecule has 1 saturated carbocycles. The third-order valence-electron chi connectivity index (χ3n) is 3.89. The lowest BCUT2D eigenvalue weighted by Crippen LogP contribution is -2.44. The van der Waals surface area contributed by atoms with Gasteiger partial charge in [-0.1, -0.05) is 0 Å². The number of piperidine rings is 1. The van der Waals surface area contributed by atoms with Crippen LogP contribution in [0.25, 0.3) is 0 Å². The van der Waals surface area contributed by atoms with Gasteiger partial charge in [-0.15, -0.1) is 0 Å². The summed E-state index contributed by atoms with van der Waals surface area (Å²) >= 11 is 0. The molecule has 3 atom stereocenters.